The Kier molecular flexibility index (Phi) is 6.35. The number of fused-ring (bicyclic) bond motifs is 3. The first-order chi connectivity index (χ1) is 20.7. The predicted molar refractivity (Wildman–Crippen MR) is 163 cm³/mol. The highest BCUT2D eigenvalue weighted by molar-refractivity contribution is 7.18. The number of carbonyl (C=O) groups excluding carboxylic acids is 1. The summed E-state index contributed by atoms with van der Waals surface area (Å²) in [5.41, 5.74) is 4.65. The van der Waals surface area contributed by atoms with Crippen LogP contribution in [0.3, 0.4) is 0 Å². The quantitative estimate of drug-likeness (QED) is 0.210. The third kappa shape index (κ3) is 4.38. The number of halogens is 2. The van der Waals surface area contributed by atoms with Crippen LogP contribution in [0.1, 0.15) is 12.6 Å². The molecule has 0 saturated heterocycles. The van der Waals surface area contributed by atoms with E-state index in [4.69, 9.17) is 14.8 Å². The highest BCUT2D eigenvalue weighted by Gasteiger charge is 2.30. The van der Waals surface area contributed by atoms with Gasteiger partial charge in [-0.25, -0.2) is 13.8 Å². The van der Waals surface area contributed by atoms with Gasteiger partial charge in [-0.15, -0.1) is 11.3 Å². The maximum absolute atomic E-state index is 15.7. The second-order valence-corrected chi connectivity index (χ2v) is 11.5. The van der Waals surface area contributed by atoms with E-state index in [1.165, 1.54) is 30.6 Å². The van der Waals surface area contributed by atoms with Crippen molar-refractivity contribution in [2.75, 3.05) is 7.11 Å². The minimum absolute atomic E-state index is 0.0539. The van der Waals surface area contributed by atoms with E-state index in [-0.39, 0.29) is 23.3 Å². The third-order valence-electron chi connectivity index (χ3n) is 7.86. The monoisotopic (exact) mass is 596 g/mol. The number of aromatic nitrogens is 5. The smallest absolute Gasteiger partial charge is 0.246 e. The van der Waals surface area contributed by atoms with E-state index in [0.717, 1.165) is 38.3 Å². The molecule has 0 radical (unpaired) electrons. The van der Waals surface area contributed by atoms with Crippen molar-refractivity contribution in [2.24, 2.45) is 7.05 Å². The predicted octanol–water partition coefficient (Wildman–Crippen LogP) is 6.58. The Hall–Kier alpha value is -4.90. The molecule has 7 rings (SSSR count). The second kappa shape index (κ2) is 10.1. The first-order valence-corrected chi connectivity index (χ1v) is 14.5. The fourth-order valence-electron chi connectivity index (χ4n) is 5.85. The summed E-state index contributed by atoms with van der Waals surface area (Å²) in [6.07, 6.45) is 3.25. The molecule has 2 aromatic carbocycles. The molecule has 216 valence electrons. The molecule has 8 nitrogen and oxygen atoms in total. The standard InChI is InChI=1S/C32H26F2N6O2S/c1-5-27(41)39-16-21-13-25(37-40(21)14-17(39)2)31-29(28-23(34)11-20(33)12-26(28)42-4)32-22(8-9-43-32)30(35-31)18-6-7-19-15-38(3)36-24(19)10-18/h5-13,15,17H,1,14,16H2,2-4H3. The van der Waals surface area contributed by atoms with Crippen LogP contribution in [-0.2, 0) is 24.9 Å². The normalized spacial score (nSPS) is 14.8. The van der Waals surface area contributed by atoms with E-state index in [1.807, 2.05) is 60.6 Å². The zero-order valence-electron chi connectivity index (χ0n) is 23.6. The van der Waals surface area contributed by atoms with Gasteiger partial charge in [0.2, 0.25) is 5.91 Å². The molecule has 11 heteroatoms. The van der Waals surface area contributed by atoms with Crippen molar-refractivity contribution in [2.45, 2.75) is 26.1 Å². The Morgan fingerprint density at radius 2 is 1.95 bits per heavy atom. The van der Waals surface area contributed by atoms with Crippen molar-refractivity contribution >= 4 is 38.2 Å². The van der Waals surface area contributed by atoms with Gasteiger partial charge in [-0.05, 0) is 36.6 Å². The van der Waals surface area contributed by atoms with Crippen molar-refractivity contribution in [1.82, 2.24) is 29.4 Å². The molecule has 0 fully saturated rings. The number of carbonyl (C=O) groups is 1. The number of hydrogen-bond acceptors (Lipinski definition) is 6. The zero-order chi connectivity index (χ0) is 30.0. The van der Waals surface area contributed by atoms with E-state index < -0.39 is 11.6 Å². The molecule has 1 atom stereocenters. The topological polar surface area (TPSA) is 78.1 Å². The lowest BCUT2D eigenvalue weighted by Crippen LogP contribution is -2.44. The second-order valence-electron chi connectivity index (χ2n) is 10.6. The number of benzene rings is 2. The molecule has 1 unspecified atom stereocenters. The third-order valence-corrected chi connectivity index (χ3v) is 8.79. The number of methoxy groups -OCH3 is 1. The molecule has 0 bridgehead atoms. The van der Waals surface area contributed by atoms with Gasteiger partial charge >= 0.3 is 0 Å². The average molecular weight is 597 g/mol. The molecule has 6 aromatic rings. The number of aryl methyl sites for hydroxylation is 1. The summed E-state index contributed by atoms with van der Waals surface area (Å²) in [5, 5.41) is 13.2. The lowest BCUT2D eigenvalue weighted by atomic mass is 9.96. The molecule has 0 spiro atoms. The summed E-state index contributed by atoms with van der Waals surface area (Å²) >= 11 is 1.43. The van der Waals surface area contributed by atoms with Crippen molar-refractivity contribution in [1.29, 1.82) is 0 Å². The van der Waals surface area contributed by atoms with Crippen LogP contribution in [-0.4, -0.2) is 48.5 Å². The first-order valence-electron chi connectivity index (χ1n) is 13.6. The molecule has 4 aromatic heterocycles. The summed E-state index contributed by atoms with van der Waals surface area (Å²) in [7, 11) is 3.26. The number of ether oxygens (including phenoxy) is 1. The fourth-order valence-corrected chi connectivity index (χ4v) is 6.80. The summed E-state index contributed by atoms with van der Waals surface area (Å²) in [6, 6.07) is 11.7. The van der Waals surface area contributed by atoms with Crippen LogP contribution in [0.25, 0.3) is 54.8 Å². The van der Waals surface area contributed by atoms with Crippen LogP contribution in [0.15, 0.2) is 66.7 Å². The van der Waals surface area contributed by atoms with Gasteiger partial charge in [-0.1, -0.05) is 18.7 Å². The van der Waals surface area contributed by atoms with Crippen LogP contribution >= 0.6 is 11.3 Å². The molecule has 1 amide bonds. The van der Waals surface area contributed by atoms with E-state index in [9.17, 15) is 9.18 Å². The summed E-state index contributed by atoms with van der Waals surface area (Å²) in [4.78, 5) is 19.4. The van der Waals surface area contributed by atoms with Gasteiger partial charge in [-0.3, -0.25) is 14.2 Å². The van der Waals surface area contributed by atoms with Crippen molar-refractivity contribution in [3.05, 3.63) is 84.0 Å². The Morgan fingerprint density at radius 1 is 1.12 bits per heavy atom. The van der Waals surface area contributed by atoms with E-state index in [2.05, 4.69) is 11.7 Å². The van der Waals surface area contributed by atoms with E-state index >= 15 is 4.39 Å². The molecule has 5 heterocycles. The molecule has 0 N–H and O–H groups in total. The van der Waals surface area contributed by atoms with Crippen LogP contribution in [0.5, 0.6) is 5.75 Å². The van der Waals surface area contributed by atoms with E-state index in [1.54, 1.807) is 9.58 Å². The van der Waals surface area contributed by atoms with Gasteiger partial charge in [0.15, 0.2) is 0 Å². The molecular formula is C32H26F2N6O2S. The number of nitrogens with zero attached hydrogens (tertiary/aromatic N) is 6. The minimum atomic E-state index is -0.766. The molecule has 1 aliphatic rings. The Balaban J connectivity index is 1.51. The summed E-state index contributed by atoms with van der Waals surface area (Å²) < 4.78 is 39.9. The molecule has 43 heavy (non-hydrogen) atoms. The van der Waals surface area contributed by atoms with Crippen molar-refractivity contribution in [3.63, 3.8) is 0 Å². The van der Waals surface area contributed by atoms with Gasteiger partial charge in [0.25, 0.3) is 0 Å². The van der Waals surface area contributed by atoms with Gasteiger partial charge < -0.3 is 9.64 Å². The molecular weight excluding hydrogens is 570 g/mol. The molecule has 1 aliphatic heterocycles. The van der Waals surface area contributed by atoms with Crippen LogP contribution < -0.4 is 4.74 Å². The van der Waals surface area contributed by atoms with Gasteiger partial charge in [0.1, 0.15) is 28.8 Å². The maximum atomic E-state index is 15.7. The van der Waals surface area contributed by atoms with E-state index in [0.29, 0.717) is 35.7 Å². The first kappa shape index (κ1) is 27.0. The number of amides is 1. The van der Waals surface area contributed by atoms with Crippen molar-refractivity contribution < 1.29 is 18.3 Å². The molecule has 0 saturated carbocycles. The van der Waals surface area contributed by atoms with Crippen LogP contribution in [0.4, 0.5) is 8.78 Å². The van der Waals surface area contributed by atoms with Crippen LogP contribution in [0, 0.1) is 11.6 Å². The Morgan fingerprint density at radius 3 is 2.74 bits per heavy atom. The maximum Gasteiger partial charge on any atom is 0.246 e. The van der Waals surface area contributed by atoms with Gasteiger partial charge in [0.05, 0.1) is 42.7 Å². The zero-order valence-corrected chi connectivity index (χ0v) is 24.5. The lowest BCUT2D eigenvalue weighted by Gasteiger charge is -2.33. The highest BCUT2D eigenvalue weighted by atomic mass is 32.1. The van der Waals surface area contributed by atoms with Gasteiger partial charge in [0, 0.05) is 58.0 Å². The summed E-state index contributed by atoms with van der Waals surface area (Å²) in [5.74, 6) is -1.62. The SMILES string of the molecule is C=CC(=O)N1Cc2cc(-c3nc(-c4ccc5cn(C)nc5c4)c4ccsc4c3-c3c(F)cc(F)cc3OC)nn2CC1C. The fraction of sp³-hybridized carbons (Fsp3) is 0.188. The minimum Gasteiger partial charge on any atom is -0.496 e. The Bertz CT molecular complexity index is 2090. The largest absolute Gasteiger partial charge is 0.496 e. The number of thiophene rings is 1. The molecule has 0 aliphatic carbocycles. The highest BCUT2D eigenvalue weighted by Crippen LogP contribution is 2.47. The average Bonchev–Trinajstić information content (AvgIpc) is 3.72. The number of pyridine rings is 1. The van der Waals surface area contributed by atoms with Crippen LogP contribution in [0.2, 0.25) is 0 Å². The summed E-state index contributed by atoms with van der Waals surface area (Å²) in [6.45, 7) is 6.41. The lowest BCUT2D eigenvalue weighted by molar-refractivity contribution is -0.129. The number of rotatable bonds is 5. The van der Waals surface area contributed by atoms with Crippen molar-refractivity contribution in [3.8, 4) is 39.5 Å². The van der Waals surface area contributed by atoms with Gasteiger partial charge in [-0.2, -0.15) is 10.2 Å². The Labute approximate surface area is 249 Å². The number of hydrogen-bond donors (Lipinski definition) is 0.